The lowest BCUT2D eigenvalue weighted by Crippen LogP contribution is -2.34. The summed E-state index contributed by atoms with van der Waals surface area (Å²) in [5.41, 5.74) is 1.28. The number of hydrogen-bond acceptors (Lipinski definition) is 3. The zero-order valence-corrected chi connectivity index (χ0v) is 13.6. The van der Waals surface area contributed by atoms with Gasteiger partial charge in [0.15, 0.2) is 0 Å². The number of rotatable bonds is 7. The fourth-order valence-electron chi connectivity index (χ4n) is 2.60. The Morgan fingerprint density at radius 1 is 1.04 bits per heavy atom. The first-order valence-electron chi connectivity index (χ1n) is 8.00. The molecule has 5 heteroatoms. The number of nitrogens with zero attached hydrogens (tertiary/aromatic N) is 4. The molecule has 0 spiro atoms. The summed E-state index contributed by atoms with van der Waals surface area (Å²) in [6.45, 7) is 5.94. The Hall–Kier alpha value is -2.40. The van der Waals surface area contributed by atoms with Crippen LogP contribution in [0.3, 0.4) is 0 Å². The Labute approximate surface area is 137 Å². The van der Waals surface area contributed by atoms with E-state index in [0.29, 0.717) is 12.1 Å². The maximum atomic E-state index is 4.48. The van der Waals surface area contributed by atoms with Crippen LogP contribution in [0.4, 0.5) is 0 Å². The maximum absolute atomic E-state index is 4.48. The first-order chi connectivity index (χ1) is 11.2. The molecule has 2 atom stereocenters. The van der Waals surface area contributed by atoms with Crippen LogP contribution in [0.5, 0.6) is 0 Å². The highest BCUT2D eigenvalue weighted by molar-refractivity contribution is 5.15. The third kappa shape index (κ3) is 3.87. The summed E-state index contributed by atoms with van der Waals surface area (Å²) in [6.07, 6.45) is 7.71. The lowest BCUT2D eigenvalue weighted by Gasteiger charge is -2.22. The molecule has 3 rings (SSSR count). The van der Waals surface area contributed by atoms with Crippen LogP contribution >= 0.6 is 0 Å². The molecule has 0 saturated heterocycles. The molecular formula is C18H23N5. The number of hydrogen-bond donors (Lipinski definition) is 1. The molecule has 23 heavy (non-hydrogen) atoms. The van der Waals surface area contributed by atoms with Gasteiger partial charge in [0, 0.05) is 37.4 Å². The zero-order valence-electron chi connectivity index (χ0n) is 13.6. The van der Waals surface area contributed by atoms with E-state index in [1.807, 2.05) is 41.6 Å². The molecule has 0 saturated carbocycles. The standard InChI is InChI=1S/C18H23N5/c1-15(16(2)23-11-6-9-21-23)20-13-18-19-10-12-22(18)14-17-7-4-3-5-8-17/h3-12,15-16,20H,13-14H2,1-2H3/t15-,16-/m1/s1. The molecular weight excluding hydrogens is 286 g/mol. The molecule has 0 unspecified atom stereocenters. The summed E-state index contributed by atoms with van der Waals surface area (Å²) in [5.74, 6) is 1.05. The summed E-state index contributed by atoms with van der Waals surface area (Å²) in [5, 5.41) is 7.87. The number of aromatic nitrogens is 4. The largest absolute Gasteiger partial charge is 0.329 e. The van der Waals surface area contributed by atoms with Crippen LogP contribution < -0.4 is 5.32 Å². The van der Waals surface area contributed by atoms with Crippen molar-refractivity contribution in [2.75, 3.05) is 0 Å². The lowest BCUT2D eigenvalue weighted by molar-refractivity contribution is 0.360. The molecule has 0 aliphatic rings. The van der Waals surface area contributed by atoms with E-state index in [4.69, 9.17) is 0 Å². The van der Waals surface area contributed by atoms with Gasteiger partial charge in [0.25, 0.3) is 0 Å². The third-order valence-corrected chi connectivity index (χ3v) is 4.25. The molecule has 3 aromatic rings. The van der Waals surface area contributed by atoms with E-state index < -0.39 is 0 Å². The van der Waals surface area contributed by atoms with Gasteiger partial charge in [-0.1, -0.05) is 30.3 Å². The van der Waals surface area contributed by atoms with E-state index in [-0.39, 0.29) is 0 Å². The number of nitrogens with one attached hydrogen (secondary N) is 1. The molecule has 0 aliphatic heterocycles. The Bertz CT molecular complexity index is 702. The second-order valence-electron chi connectivity index (χ2n) is 5.85. The SMILES string of the molecule is C[C@H]([C@@H](C)NCc1nccn1Cc1ccccc1)n1cccn1. The van der Waals surface area contributed by atoms with E-state index in [0.717, 1.165) is 18.9 Å². The van der Waals surface area contributed by atoms with Crippen LogP contribution in [-0.4, -0.2) is 25.4 Å². The second kappa shape index (κ2) is 7.24. The summed E-state index contributed by atoms with van der Waals surface area (Å²) in [4.78, 5) is 4.48. The topological polar surface area (TPSA) is 47.7 Å². The molecule has 0 amide bonds. The lowest BCUT2D eigenvalue weighted by atomic mass is 10.2. The van der Waals surface area contributed by atoms with Crippen molar-refractivity contribution in [1.82, 2.24) is 24.6 Å². The fraction of sp³-hybridized carbons (Fsp3) is 0.333. The predicted molar refractivity (Wildman–Crippen MR) is 91.0 cm³/mol. The summed E-state index contributed by atoms with van der Waals surface area (Å²) < 4.78 is 4.17. The average Bonchev–Trinajstić information content (AvgIpc) is 3.25. The van der Waals surface area contributed by atoms with Gasteiger partial charge < -0.3 is 9.88 Å². The smallest absolute Gasteiger partial charge is 0.122 e. The van der Waals surface area contributed by atoms with E-state index in [9.17, 15) is 0 Å². The van der Waals surface area contributed by atoms with Gasteiger partial charge in [0.2, 0.25) is 0 Å². The Balaban J connectivity index is 1.60. The van der Waals surface area contributed by atoms with Crippen molar-refractivity contribution in [1.29, 1.82) is 0 Å². The van der Waals surface area contributed by atoms with E-state index in [2.05, 4.69) is 58.1 Å². The molecule has 2 aromatic heterocycles. The molecule has 1 aromatic carbocycles. The van der Waals surface area contributed by atoms with Crippen molar-refractivity contribution < 1.29 is 0 Å². The Kier molecular flexibility index (Phi) is 4.88. The van der Waals surface area contributed by atoms with Gasteiger partial charge in [-0.3, -0.25) is 4.68 Å². The van der Waals surface area contributed by atoms with Gasteiger partial charge >= 0.3 is 0 Å². The molecule has 1 N–H and O–H groups in total. The summed E-state index contributed by atoms with van der Waals surface area (Å²) >= 11 is 0. The molecule has 0 bridgehead atoms. The highest BCUT2D eigenvalue weighted by atomic mass is 15.3. The molecule has 5 nitrogen and oxygen atoms in total. The van der Waals surface area contributed by atoms with Crippen molar-refractivity contribution in [3.05, 3.63) is 72.6 Å². The summed E-state index contributed by atoms with van der Waals surface area (Å²) in [7, 11) is 0. The Morgan fingerprint density at radius 3 is 2.61 bits per heavy atom. The minimum absolute atomic E-state index is 0.294. The van der Waals surface area contributed by atoms with Crippen LogP contribution in [0.25, 0.3) is 0 Å². The van der Waals surface area contributed by atoms with Crippen LogP contribution in [0.15, 0.2) is 61.2 Å². The molecule has 0 fully saturated rings. The van der Waals surface area contributed by atoms with Gasteiger partial charge in [-0.25, -0.2) is 4.98 Å². The van der Waals surface area contributed by atoms with E-state index >= 15 is 0 Å². The quantitative estimate of drug-likeness (QED) is 0.730. The third-order valence-electron chi connectivity index (χ3n) is 4.25. The van der Waals surface area contributed by atoms with Crippen LogP contribution in [0, 0.1) is 0 Å². The molecule has 2 heterocycles. The van der Waals surface area contributed by atoms with Gasteiger partial charge in [-0.15, -0.1) is 0 Å². The highest BCUT2D eigenvalue weighted by Crippen LogP contribution is 2.10. The monoisotopic (exact) mass is 309 g/mol. The molecule has 0 aliphatic carbocycles. The average molecular weight is 309 g/mol. The predicted octanol–water partition coefficient (Wildman–Crippen LogP) is 2.87. The van der Waals surface area contributed by atoms with E-state index in [1.165, 1.54) is 5.56 Å². The zero-order chi connectivity index (χ0) is 16.1. The van der Waals surface area contributed by atoms with Gasteiger partial charge in [0.1, 0.15) is 5.82 Å². The second-order valence-corrected chi connectivity index (χ2v) is 5.85. The van der Waals surface area contributed by atoms with Crippen LogP contribution in [0.1, 0.15) is 31.3 Å². The first-order valence-corrected chi connectivity index (χ1v) is 8.00. The van der Waals surface area contributed by atoms with Crippen molar-refractivity contribution >= 4 is 0 Å². The van der Waals surface area contributed by atoms with Crippen molar-refractivity contribution in [3.63, 3.8) is 0 Å². The number of benzene rings is 1. The highest BCUT2D eigenvalue weighted by Gasteiger charge is 2.14. The normalized spacial score (nSPS) is 13.8. The molecule has 120 valence electrons. The van der Waals surface area contributed by atoms with Crippen LogP contribution in [0.2, 0.25) is 0 Å². The van der Waals surface area contributed by atoms with Crippen molar-refractivity contribution in [2.45, 2.75) is 39.0 Å². The minimum atomic E-state index is 0.294. The van der Waals surface area contributed by atoms with Crippen molar-refractivity contribution in [2.24, 2.45) is 0 Å². The first kappa shape index (κ1) is 15.5. The van der Waals surface area contributed by atoms with Crippen LogP contribution in [-0.2, 0) is 13.1 Å². The van der Waals surface area contributed by atoms with E-state index in [1.54, 1.807) is 0 Å². The maximum Gasteiger partial charge on any atom is 0.122 e. The van der Waals surface area contributed by atoms with Crippen molar-refractivity contribution in [3.8, 4) is 0 Å². The summed E-state index contributed by atoms with van der Waals surface area (Å²) in [6, 6.07) is 13.0. The fourth-order valence-corrected chi connectivity index (χ4v) is 2.60. The molecule has 0 radical (unpaired) electrons. The minimum Gasteiger partial charge on any atom is -0.329 e. The Morgan fingerprint density at radius 2 is 1.87 bits per heavy atom. The number of imidazole rings is 1. The van der Waals surface area contributed by atoms with Gasteiger partial charge in [-0.2, -0.15) is 5.10 Å². The van der Waals surface area contributed by atoms with Gasteiger partial charge in [-0.05, 0) is 25.5 Å². The van der Waals surface area contributed by atoms with Gasteiger partial charge in [0.05, 0.1) is 12.6 Å².